The Morgan fingerprint density at radius 3 is 3.11 bits per heavy atom. The summed E-state index contributed by atoms with van der Waals surface area (Å²) in [4.78, 5) is 18.7. The van der Waals surface area contributed by atoms with Crippen LogP contribution in [-0.4, -0.2) is 38.1 Å². The molecule has 2 N–H and O–H groups in total. The molecule has 0 aromatic carbocycles. The Balaban J connectivity index is 1.94. The second kappa shape index (κ2) is 6.04. The fourth-order valence-corrected chi connectivity index (χ4v) is 3.35. The van der Waals surface area contributed by atoms with E-state index in [-0.39, 0.29) is 5.69 Å². The first kappa shape index (κ1) is 13.1. The predicted octanol–water partition coefficient (Wildman–Crippen LogP) is 2.26. The molecule has 1 fully saturated rings. The third-order valence-electron chi connectivity index (χ3n) is 2.99. The van der Waals surface area contributed by atoms with Crippen molar-refractivity contribution in [1.82, 2.24) is 9.97 Å². The number of anilines is 1. The van der Waals surface area contributed by atoms with Crippen LogP contribution in [0.2, 0.25) is 0 Å². The summed E-state index contributed by atoms with van der Waals surface area (Å²) in [6, 6.07) is 0.382. The topological polar surface area (TPSA) is 75.1 Å². The monoisotopic (exact) mass is 267 g/mol. The zero-order chi connectivity index (χ0) is 13.0. The molecular formula is C12H17N3O2S. The lowest BCUT2D eigenvalue weighted by atomic mass is 10.2. The third-order valence-corrected chi connectivity index (χ3v) is 4.23. The quantitative estimate of drug-likeness (QED) is 0.852. The van der Waals surface area contributed by atoms with E-state index in [1.165, 1.54) is 12.6 Å². The fourth-order valence-electron chi connectivity index (χ4n) is 2.21. The molecular weight excluding hydrogens is 250 g/mol. The van der Waals surface area contributed by atoms with Crippen molar-refractivity contribution < 1.29 is 9.90 Å². The van der Waals surface area contributed by atoms with Gasteiger partial charge in [0.2, 0.25) is 0 Å². The summed E-state index contributed by atoms with van der Waals surface area (Å²) in [5.41, 5.74) is -0.0162. The Hall–Kier alpha value is -1.30. The molecule has 1 aromatic rings. The van der Waals surface area contributed by atoms with Gasteiger partial charge >= 0.3 is 5.97 Å². The summed E-state index contributed by atoms with van der Waals surface area (Å²) >= 11 is 1.99. The number of rotatable bonds is 5. The minimum absolute atomic E-state index is 0.0162. The minimum atomic E-state index is -1.04. The van der Waals surface area contributed by atoms with Crippen LogP contribution in [0.1, 0.15) is 36.7 Å². The number of thioether (sulfide) groups is 1. The van der Waals surface area contributed by atoms with E-state index in [1.54, 1.807) is 6.20 Å². The number of aromatic nitrogens is 2. The molecule has 0 saturated heterocycles. The SMILES string of the molecule is CCSC1CCC(Nc2cncc(C(=O)O)n2)C1. The van der Waals surface area contributed by atoms with Crippen molar-refractivity contribution in [2.45, 2.75) is 37.5 Å². The highest BCUT2D eigenvalue weighted by atomic mass is 32.2. The average Bonchev–Trinajstić information content (AvgIpc) is 2.77. The van der Waals surface area contributed by atoms with Gasteiger partial charge in [-0.1, -0.05) is 6.92 Å². The van der Waals surface area contributed by atoms with E-state index < -0.39 is 5.97 Å². The highest BCUT2D eigenvalue weighted by Gasteiger charge is 2.24. The standard InChI is InChI=1S/C12H17N3O2S/c1-2-18-9-4-3-8(5-9)14-11-7-13-6-10(15-11)12(16)17/h6-9H,2-5H2,1H3,(H,14,15)(H,16,17). The molecule has 0 spiro atoms. The van der Waals surface area contributed by atoms with Gasteiger partial charge in [0.15, 0.2) is 5.69 Å². The summed E-state index contributed by atoms with van der Waals surface area (Å²) in [6.07, 6.45) is 6.26. The molecule has 18 heavy (non-hydrogen) atoms. The third kappa shape index (κ3) is 3.35. The number of carbonyl (C=O) groups is 1. The first-order valence-electron chi connectivity index (χ1n) is 6.12. The molecule has 1 aliphatic rings. The Bertz CT molecular complexity index is 428. The lowest BCUT2D eigenvalue weighted by molar-refractivity contribution is 0.0690. The van der Waals surface area contributed by atoms with Crippen LogP contribution in [0.4, 0.5) is 5.82 Å². The molecule has 6 heteroatoms. The molecule has 1 heterocycles. The van der Waals surface area contributed by atoms with Crippen LogP contribution in [0, 0.1) is 0 Å². The van der Waals surface area contributed by atoms with E-state index in [0.717, 1.165) is 18.6 Å². The first-order chi connectivity index (χ1) is 8.69. The van der Waals surface area contributed by atoms with Gasteiger partial charge in [0, 0.05) is 11.3 Å². The molecule has 0 amide bonds. The van der Waals surface area contributed by atoms with Crippen LogP contribution in [0.5, 0.6) is 0 Å². The second-order valence-corrected chi connectivity index (χ2v) is 5.90. The molecule has 2 atom stereocenters. The van der Waals surface area contributed by atoms with Gasteiger partial charge in [-0.3, -0.25) is 4.98 Å². The van der Waals surface area contributed by atoms with Gasteiger partial charge in [0.1, 0.15) is 5.82 Å². The van der Waals surface area contributed by atoms with Gasteiger partial charge in [0.05, 0.1) is 12.4 Å². The maximum atomic E-state index is 10.8. The average molecular weight is 267 g/mol. The van der Waals surface area contributed by atoms with Crippen molar-refractivity contribution in [3.8, 4) is 0 Å². The first-order valence-corrected chi connectivity index (χ1v) is 7.17. The van der Waals surface area contributed by atoms with Crippen LogP contribution >= 0.6 is 11.8 Å². The van der Waals surface area contributed by atoms with Gasteiger partial charge < -0.3 is 10.4 Å². The zero-order valence-corrected chi connectivity index (χ0v) is 11.1. The number of nitrogens with one attached hydrogen (secondary N) is 1. The van der Waals surface area contributed by atoms with Crippen molar-refractivity contribution in [2.24, 2.45) is 0 Å². The fraction of sp³-hybridized carbons (Fsp3) is 0.583. The molecule has 1 aliphatic carbocycles. The Kier molecular flexibility index (Phi) is 4.41. The maximum absolute atomic E-state index is 10.8. The number of carboxylic acids is 1. The van der Waals surface area contributed by atoms with Crippen molar-refractivity contribution in [1.29, 1.82) is 0 Å². The van der Waals surface area contributed by atoms with Crippen molar-refractivity contribution >= 4 is 23.5 Å². The van der Waals surface area contributed by atoms with E-state index >= 15 is 0 Å². The molecule has 5 nitrogen and oxygen atoms in total. The van der Waals surface area contributed by atoms with Crippen LogP contribution < -0.4 is 5.32 Å². The van der Waals surface area contributed by atoms with Gasteiger partial charge in [-0.05, 0) is 25.0 Å². The Morgan fingerprint density at radius 2 is 2.39 bits per heavy atom. The number of carboxylic acid groups (broad SMARTS) is 1. The van der Waals surface area contributed by atoms with E-state index in [4.69, 9.17) is 5.11 Å². The molecule has 1 aromatic heterocycles. The molecule has 0 bridgehead atoms. The number of hydrogen-bond acceptors (Lipinski definition) is 5. The number of nitrogens with zero attached hydrogens (tertiary/aromatic N) is 2. The van der Waals surface area contributed by atoms with Crippen LogP contribution in [-0.2, 0) is 0 Å². The van der Waals surface area contributed by atoms with E-state index in [1.807, 2.05) is 11.8 Å². The lowest BCUT2D eigenvalue weighted by Gasteiger charge is -2.13. The molecule has 98 valence electrons. The van der Waals surface area contributed by atoms with Gasteiger partial charge in [-0.15, -0.1) is 0 Å². The van der Waals surface area contributed by atoms with Crippen LogP contribution in [0.15, 0.2) is 12.4 Å². The molecule has 1 saturated carbocycles. The smallest absolute Gasteiger partial charge is 0.356 e. The zero-order valence-electron chi connectivity index (χ0n) is 10.3. The Morgan fingerprint density at radius 1 is 1.56 bits per heavy atom. The highest BCUT2D eigenvalue weighted by Crippen LogP contribution is 2.31. The van der Waals surface area contributed by atoms with Crippen LogP contribution in [0.25, 0.3) is 0 Å². The van der Waals surface area contributed by atoms with Crippen LogP contribution in [0.3, 0.4) is 0 Å². The van der Waals surface area contributed by atoms with E-state index in [9.17, 15) is 4.79 Å². The van der Waals surface area contributed by atoms with Gasteiger partial charge in [-0.2, -0.15) is 11.8 Å². The summed E-state index contributed by atoms with van der Waals surface area (Å²) in [6.45, 7) is 2.17. The molecule has 0 aliphatic heterocycles. The van der Waals surface area contributed by atoms with E-state index in [2.05, 4.69) is 22.2 Å². The Labute approximate surface area is 110 Å². The summed E-state index contributed by atoms with van der Waals surface area (Å²) in [7, 11) is 0. The number of aromatic carboxylic acids is 1. The largest absolute Gasteiger partial charge is 0.476 e. The lowest BCUT2D eigenvalue weighted by Crippen LogP contribution is -2.18. The van der Waals surface area contributed by atoms with Crippen molar-refractivity contribution in [3.05, 3.63) is 18.1 Å². The predicted molar refractivity (Wildman–Crippen MR) is 72.2 cm³/mol. The second-order valence-electron chi connectivity index (χ2n) is 4.33. The summed E-state index contributed by atoms with van der Waals surface area (Å²) in [5.74, 6) is 0.658. The van der Waals surface area contributed by atoms with Crippen molar-refractivity contribution in [2.75, 3.05) is 11.1 Å². The molecule has 0 radical (unpaired) electrons. The molecule has 2 unspecified atom stereocenters. The maximum Gasteiger partial charge on any atom is 0.356 e. The highest BCUT2D eigenvalue weighted by molar-refractivity contribution is 7.99. The molecule has 2 rings (SSSR count). The number of hydrogen-bond donors (Lipinski definition) is 2. The normalized spacial score (nSPS) is 22.9. The van der Waals surface area contributed by atoms with Gasteiger partial charge in [-0.25, -0.2) is 9.78 Å². The van der Waals surface area contributed by atoms with Crippen molar-refractivity contribution in [3.63, 3.8) is 0 Å². The summed E-state index contributed by atoms with van der Waals surface area (Å²) < 4.78 is 0. The van der Waals surface area contributed by atoms with E-state index in [0.29, 0.717) is 17.1 Å². The summed E-state index contributed by atoms with van der Waals surface area (Å²) in [5, 5.41) is 12.8. The minimum Gasteiger partial charge on any atom is -0.476 e. The van der Waals surface area contributed by atoms with Gasteiger partial charge in [0.25, 0.3) is 0 Å².